The van der Waals surface area contributed by atoms with Crippen molar-refractivity contribution in [1.82, 2.24) is 14.8 Å². The van der Waals surface area contributed by atoms with Crippen LogP contribution in [0.4, 0.5) is 4.39 Å². The van der Waals surface area contributed by atoms with Crippen LogP contribution in [0.3, 0.4) is 0 Å². The van der Waals surface area contributed by atoms with Gasteiger partial charge in [0.15, 0.2) is 0 Å². The summed E-state index contributed by atoms with van der Waals surface area (Å²) >= 11 is 0. The van der Waals surface area contributed by atoms with E-state index in [1.165, 1.54) is 12.1 Å². The van der Waals surface area contributed by atoms with Crippen molar-refractivity contribution in [2.75, 3.05) is 12.9 Å². The Morgan fingerprint density at radius 2 is 1.96 bits per heavy atom. The molecule has 4 rings (SSSR count). The van der Waals surface area contributed by atoms with E-state index in [-0.39, 0.29) is 18.5 Å². The van der Waals surface area contributed by atoms with Crippen molar-refractivity contribution in [3.8, 4) is 22.5 Å². The van der Waals surface area contributed by atoms with Crippen molar-refractivity contribution < 1.29 is 17.0 Å². The van der Waals surface area contributed by atoms with Gasteiger partial charge in [0.25, 0.3) is 10.1 Å². The van der Waals surface area contributed by atoms with Crippen LogP contribution in [0.15, 0.2) is 42.5 Å². The maximum atomic E-state index is 13.4. The normalized spacial score (nSPS) is 16.3. The zero-order chi connectivity index (χ0) is 19.9. The molecule has 3 heterocycles. The molecule has 0 spiro atoms. The molecule has 0 aliphatic carbocycles. The Balaban J connectivity index is 1.83. The van der Waals surface area contributed by atoms with Gasteiger partial charge in [-0.2, -0.15) is 13.5 Å². The van der Waals surface area contributed by atoms with E-state index in [0.717, 1.165) is 47.3 Å². The molecule has 0 amide bonds. The fourth-order valence-corrected chi connectivity index (χ4v) is 3.97. The Hall–Kier alpha value is -2.58. The molecule has 1 aliphatic heterocycles. The molecule has 8 heteroatoms. The minimum Gasteiger partial charge on any atom is -0.268 e. The number of nitrogens with zero attached hydrogens (tertiary/aromatic N) is 3. The smallest absolute Gasteiger partial charge is 0.264 e. The van der Waals surface area contributed by atoms with E-state index in [1.807, 2.05) is 29.8 Å². The van der Waals surface area contributed by atoms with Crippen LogP contribution < -0.4 is 0 Å². The van der Waals surface area contributed by atoms with E-state index >= 15 is 0 Å². The van der Waals surface area contributed by atoms with Crippen LogP contribution in [0.25, 0.3) is 22.5 Å². The number of pyridine rings is 1. The third-order valence-corrected chi connectivity index (χ3v) is 5.37. The SMILES string of the molecule is Cc1cccc(-c2nn3c(c2-c2ccc(F)cc2)CCC3COS(C)(=O)=O)n1. The van der Waals surface area contributed by atoms with Gasteiger partial charge < -0.3 is 0 Å². The van der Waals surface area contributed by atoms with Gasteiger partial charge in [0.1, 0.15) is 11.5 Å². The van der Waals surface area contributed by atoms with Crippen LogP contribution in [-0.4, -0.2) is 36.0 Å². The summed E-state index contributed by atoms with van der Waals surface area (Å²) in [5.41, 5.74) is 5.03. The topological polar surface area (TPSA) is 74.1 Å². The number of aromatic nitrogens is 3. The fourth-order valence-electron chi connectivity index (χ4n) is 3.57. The number of benzene rings is 1. The van der Waals surface area contributed by atoms with Gasteiger partial charge in [-0.25, -0.2) is 4.39 Å². The second kappa shape index (κ2) is 7.10. The van der Waals surface area contributed by atoms with Crippen molar-refractivity contribution in [3.05, 3.63) is 59.7 Å². The number of rotatable bonds is 5. The number of halogens is 1. The average molecular weight is 401 g/mol. The molecule has 2 aromatic heterocycles. The molecule has 0 saturated carbocycles. The molecule has 0 fully saturated rings. The summed E-state index contributed by atoms with van der Waals surface area (Å²) in [6.07, 6.45) is 2.49. The van der Waals surface area contributed by atoms with Crippen LogP contribution in [0.5, 0.6) is 0 Å². The summed E-state index contributed by atoms with van der Waals surface area (Å²) in [5.74, 6) is -0.303. The van der Waals surface area contributed by atoms with Gasteiger partial charge in [0, 0.05) is 17.0 Å². The third kappa shape index (κ3) is 3.70. The van der Waals surface area contributed by atoms with Crippen molar-refractivity contribution in [2.45, 2.75) is 25.8 Å². The molecular weight excluding hydrogens is 381 g/mol. The Labute approximate surface area is 163 Å². The van der Waals surface area contributed by atoms with Crippen LogP contribution in [0.2, 0.25) is 0 Å². The first-order chi connectivity index (χ1) is 13.3. The summed E-state index contributed by atoms with van der Waals surface area (Å²) in [6.45, 7) is 1.95. The van der Waals surface area contributed by atoms with Gasteiger partial charge in [-0.15, -0.1) is 0 Å². The second-order valence-electron chi connectivity index (χ2n) is 6.97. The highest BCUT2D eigenvalue weighted by atomic mass is 32.2. The molecule has 28 heavy (non-hydrogen) atoms. The van der Waals surface area contributed by atoms with E-state index in [2.05, 4.69) is 4.98 Å². The Bertz CT molecular complexity index is 1120. The molecule has 6 nitrogen and oxygen atoms in total. The van der Waals surface area contributed by atoms with E-state index < -0.39 is 10.1 Å². The lowest BCUT2D eigenvalue weighted by Gasteiger charge is -2.11. The first-order valence-corrected chi connectivity index (χ1v) is 10.8. The maximum Gasteiger partial charge on any atom is 0.264 e. The molecule has 0 radical (unpaired) electrons. The standard InChI is InChI=1S/C20H20FN3O3S/c1-13-4-3-5-17(22-13)20-19(14-6-8-15(21)9-7-14)18-11-10-16(24(18)23-20)12-27-28(2,25)26/h3-9,16H,10-12H2,1-2H3. The van der Waals surface area contributed by atoms with E-state index in [1.54, 1.807) is 12.1 Å². The molecule has 3 aromatic rings. The molecule has 0 bridgehead atoms. The van der Waals surface area contributed by atoms with Crippen LogP contribution >= 0.6 is 0 Å². The number of aryl methyl sites for hydroxylation is 1. The first kappa shape index (κ1) is 18.8. The highest BCUT2D eigenvalue weighted by Gasteiger charge is 2.31. The highest BCUT2D eigenvalue weighted by molar-refractivity contribution is 7.85. The summed E-state index contributed by atoms with van der Waals surface area (Å²) in [5, 5.41) is 4.77. The van der Waals surface area contributed by atoms with Crippen molar-refractivity contribution >= 4 is 10.1 Å². The van der Waals surface area contributed by atoms with Gasteiger partial charge in [-0.05, 0) is 49.6 Å². The summed E-state index contributed by atoms with van der Waals surface area (Å²) < 4.78 is 43.1. The van der Waals surface area contributed by atoms with Crippen molar-refractivity contribution in [3.63, 3.8) is 0 Å². The number of hydrogen-bond acceptors (Lipinski definition) is 5. The summed E-state index contributed by atoms with van der Waals surface area (Å²) in [7, 11) is -3.53. The van der Waals surface area contributed by atoms with E-state index in [0.29, 0.717) is 5.69 Å². The largest absolute Gasteiger partial charge is 0.268 e. The van der Waals surface area contributed by atoms with Gasteiger partial charge >= 0.3 is 0 Å². The monoisotopic (exact) mass is 401 g/mol. The molecule has 1 unspecified atom stereocenters. The van der Waals surface area contributed by atoms with Gasteiger partial charge in [0.05, 0.1) is 24.6 Å². The quantitative estimate of drug-likeness (QED) is 0.612. The van der Waals surface area contributed by atoms with Gasteiger partial charge in [-0.3, -0.25) is 13.8 Å². The first-order valence-electron chi connectivity index (χ1n) is 8.97. The van der Waals surface area contributed by atoms with Crippen LogP contribution in [0.1, 0.15) is 23.9 Å². The molecule has 146 valence electrons. The van der Waals surface area contributed by atoms with Crippen LogP contribution in [-0.2, 0) is 20.7 Å². The molecule has 1 aliphatic rings. The Morgan fingerprint density at radius 3 is 2.64 bits per heavy atom. The minimum atomic E-state index is -3.53. The van der Waals surface area contributed by atoms with Crippen molar-refractivity contribution in [1.29, 1.82) is 0 Å². The van der Waals surface area contributed by atoms with E-state index in [9.17, 15) is 12.8 Å². The lowest BCUT2D eigenvalue weighted by molar-refractivity contribution is 0.252. The lowest BCUT2D eigenvalue weighted by atomic mass is 9.99. The second-order valence-corrected chi connectivity index (χ2v) is 8.61. The number of hydrogen-bond donors (Lipinski definition) is 0. The predicted octanol–water partition coefficient (Wildman–Crippen LogP) is 3.52. The average Bonchev–Trinajstić information content (AvgIpc) is 3.19. The molecule has 1 aromatic carbocycles. The van der Waals surface area contributed by atoms with Crippen molar-refractivity contribution in [2.24, 2.45) is 0 Å². The highest BCUT2D eigenvalue weighted by Crippen LogP contribution is 2.40. The zero-order valence-electron chi connectivity index (χ0n) is 15.6. The number of fused-ring (bicyclic) bond motifs is 1. The fraction of sp³-hybridized carbons (Fsp3) is 0.300. The predicted molar refractivity (Wildman–Crippen MR) is 104 cm³/mol. The zero-order valence-corrected chi connectivity index (χ0v) is 16.4. The summed E-state index contributed by atoms with van der Waals surface area (Å²) in [4.78, 5) is 4.59. The van der Waals surface area contributed by atoms with E-state index in [4.69, 9.17) is 9.28 Å². The minimum absolute atomic E-state index is 0.0387. The molecule has 0 N–H and O–H groups in total. The van der Waals surface area contributed by atoms with Gasteiger partial charge in [-0.1, -0.05) is 18.2 Å². The molecule has 1 atom stereocenters. The van der Waals surface area contributed by atoms with Gasteiger partial charge in [0.2, 0.25) is 0 Å². The summed E-state index contributed by atoms with van der Waals surface area (Å²) in [6, 6.07) is 11.8. The molecule has 0 saturated heterocycles. The third-order valence-electron chi connectivity index (χ3n) is 4.81. The Morgan fingerprint density at radius 1 is 1.21 bits per heavy atom. The molecular formula is C20H20FN3O3S. The maximum absolute atomic E-state index is 13.4. The van der Waals surface area contributed by atoms with Crippen LogP contribution in [0, 0.1) is 12.7 Å². The Kier molecular flexibility index (Phi) is 4.76. The lowest BCUT2D eigenvalue weighted by Crippen LogP contribution is -2.16.